The molecule has 0 spiro atoms. The van der Waals surface area contributed by atoms with Gasteiger partial charge in [-0.15, -0.1) is 0 Å². The van der Waals surface area contributed by atoms with Crippen LogP contribution < -0.4 is 15.9 Å². The lowest BCUT2D eigenvalue weighted by atomic mass is 10.0. The van der Waals surface area contributed by atoms with Gasteiger partial charge in [-0.3, -0.25) is 0 Å². The van der Waals surface area contributed by atoms with E-state index in [1.807, 2.05) is 0 Å². The number of benzene rings is 4. The van der Waals surface area contributed by atoms with Gasteiger partial charge < -0.3 is 0 Å². The number of hydrogen-bond donors (Lipinski definition) is 0. The fourth-order valence-electron chi connectivity index (χ4n) is 3.88. The van der Waals surface area contributed by atoms with Crippen molar-refractivity contribution in [1.29, 1.82) is 0 Å². The van der Waals surface area contributed by atoms with Crippen molar-refractivity contribution in [2.75, 3.05) is 0 Å². The van der Waals surface area contributed by atoms with E-state index >= 15 is 0 Å². The molecule has 30 heavy (non-hydrogen) atoms. The van der Waals surface area contributed by atoms with Gasteiger partial charge in [-0.05, 0) is 65.9 Å². The first kappa shape index (κ1) is 21.0. The first-order valence-corrected chi connectivity index (χ1v) is 14.4. The Labute approximate surface area is 189 Å². The minimum absolute atomic E-state index is 0.969. The zero-order valence-corrected chi connectivity index (χ0v) is 19.8. The SMILES string of the molecule is CCCc1ccc(Cc2ccc([P+](Br)(c3ccccc3)c3ccccc3)cc2)cc1. The van der Waals surface area contributed by atoms with E-state index in [4.69, 9.17) is 0 Å². The zero-order chi connectivity index (χ0) is 20.8. The van der Waals surface area contributed by atoms with E-state index in [2.05, 4.69) is 132 Å². The molecule has 0 N–H and O–H groups in total. The Kier molecular flexibility index (Phi) is 6.82. The predicted molar refractivity (Wildman–Crippen MR) is 137 cm³/mol. The Morgan fingerprint density at radius 3 is 1.40 bits per heavy atom. The molecule has 0 atom stereocenters. The van der Waals surface area contributed by atoms with Gasteiger partial charge in [-0.25, -0.2) is 0 Å². The van der Waals surface area contributed by atoms with Gasteiger partial charge >= 0.3 is 0 Å². The molecule has 0 aliphatic heterocycles. The molecule has 0 nitrogen and oxygen atoms in total. The quantitative estimate of drug-likeness (QED) is 0.258. The monoisotopic (exact) mass is 473 g/mol. The maximum absolute atomic E-state index is 4.24. The van der Waals surface area contributed by atoms with E-state index in [1.54, 1.807) is 0 Å². The number of rotatable bonds is 7. The number of halogens is 1. The minimum Gasteiger partial charge on any atom is -0.0651 e. The average Bonchev–Trinajstić information content (AvgIpc) is 2.82. The lowest BCUT2D eigenvalue weighted by Gasteiger charge is -2.20. The number of hydrogen-bond acceptors (Lipinski definition) is 0. The van der Waals surface area contributed by atoms with Crippen LogP contribution in [-0.2, 0) is 12.8 Å². The molecule has 4 aromatic carbocycles. The van der Waals surface area contributed by atoms with Crippen molar-refractivity contribution in [2.45, 2.75) is 26.2 Å². The topological polar surface area (TPSA) is 0 Å². The van der Waals surface area contributed by atoms with Crippen LogP contribution >= 0.6 is 21.5 Å². The molecular formula is C28H27BrP+. The van der Waals surface area contributed by atoms with Gasteiger partial charge in [0.15, 0.2) is 21.5 Å². The minimum atomic E-state index is -1.83. The van der Waals surface area contributed by atoms with Gasteiger partial charge in [0.1, 0.15) is 15.9 Å². The van der Waals surface area contributed by atoms with E-state index < -0.39 is 5.96 Å². The molecule has 0 aliphatic carbocycles. The van der Waals surface area contributed by atoms with Crippen LogP contribution in [0.25, 0.3) is 0 Å². The molecule has 0 bridgehead atoms. The summed E-state index contributed by atoms with van der Waals surface area (Å²) in [6.07, 6.45) is 3.32. The average molecular weight is 474 g/mol. The lowest BCUT2D eigenvalue weighted by Crippen LogP contribution is -2.26. The summed E-state index contributed by atoms with van der Waals surface area (Å²) in [4.78, 5) is 0. The van der Waals surface area contributed by atoms with E-state index in [-0.39, 0.29) is 0 Å². The molecule has 0 radical (unpaired) electrons. The van der Waals surface area contributed by atoms with Crippen LogP contribution in [0.5, 0.6) is 0 Å². The fourth-order valence-corrected chi connectivity index (χ4v) is 8.63. The Hall–Kier alpha value is -2.21. The Bertz CT molecular complexity index is 1020. The molecule has 0 fully saturated rings. The molecule has 0 aliphatic rings. The van der Waals surface area contributed by atoms with Crippen LogP contribution in [0.2, 0.25) is 0 Å². The third-order valence-corrected chi connectivity index (χ3v) is 12.2. The lowest BCUT2D eigenvalue weighted by molar-refractivity contribution is 0.920. The van der Waals surface area contributed by atoms with Gasteiger partial charge in [0.2, 0.25) is 0 Å². The highest BCUT2D eigenvalue weighted by atomic mass is 79.9. The second-order valence-corrected chi connectivity index (χ2v) is 13.6. The van der Waals surface area contributed by atoms with Crippen LogP contribution in [-0.4, -0.2) is 0 Å². The van der Waals surface area contributed by atoms with Crippen LogP contribution in [0, 0.1) is 0 Å². The smallest absolute Gasteiger partial charge is 0.0651 e. The van der Waals surface area contributed by atoms with Crippen LogP contribution in [0.3, 0.4) is 0 Å². The molecule has 0 heterocycles. The maximum atomic E-state index is 4.24. The molecule has 0 aromatic heterocycles. The third kappa shape index (κ3) is 4.59. The van der Waals surface area contributed by atoms with Crippen LogP contribution in [0.15, 0.2) is 109 Å². The molecule has 4 aromatic rings. The highest BCUT2D eigenvalue weighted by molar-refractivity contribution is 9.44. The summed E-state index contributed by atoms with van der Waals surface area (Å²) in [5.74, 6) is -1.83. The van der Waals surface area contributed by atoms with E-state index in [0.29, 0.717) is 0 Å². The van der Waals surface area contributed by atoms with Crippen molar-refractivity contribution >= 4 is 37.4 Å². The summed E-state index contributed by atoms with van der Waals surface area (Å²) in [5, 5.41) is 4.04. The second kappa shape index (κ2) is 9.73. The van der Waals surface area contributed by atoms with Gasteiger partial charge in [0.05, 0.1) is 0 Å². The Morgan fingerprint density at radius 1 is 0.533 bits per heavy atom. The summed E-state index contributed by atoms with van der Waals surface area (Å²) < 4.78 is 0. The van der Waals surface area contributed by atoms with Gasteiger partial charge in [-0.2, -0.15) is 0 Å². The van der Waals surface area contributed by atoms with Crippen molar-refractivity contribution in [2.24, 2.45) is 0 Å². The number of aryl methyl sites for hydroxylation is 1. The van der Waals surface area contributed by atoms with Crippen LogP contribution in [0.1, 0.15) is 30.0 Å². The van der Waals surface area contributed by atoms with E-state index in [0.717, 1.165) is 12.8 Å². The zero-order valence-electron chi connectivity index (χ0n) is 17.3. The summed E-state index contributed by atoms with van der Waals surface area (Å²) >= 11 is 4.24. The normalized spacial score (nSPS) is 11.4. The summed E-state index contributed by atoms with van der Waals surface area (Å²) in [5.41, 5.74) is 4.15. The third-order valence-electron chi connectivity index (χ3n) is 5.49. The second-order valence-electron chi connectivity index (χ2n) is 7.67. The fraction of sp³-hybridized carbons (Fsp3) is 0.143. The summed E-state index contributed by atoms with van der Waals surface area (Å²) in [6, 6.07) is 39.9. The first-order valence-electron chi connectivity index (χ1n) is 10.6. The van der Waals surface area contributed by atoms with Gasteiger partial charge in [-0.1, -0.05) is 86.1 Å². The van der Waals surface area contributed by atoms with Crippen molar-refractivity contribution in [1.82, 2.24) is 0 Å². The molecular weight excluding hydrogens is 447 g/mol. The summed E-state index contributed by atoms with van der Waals surface area (Å²) in [6.45, 7) is 2.23. The van der Waals surface area contributed by atoms with Crippen molar-refractivity contribution in [3.05, 3.63) is 126 Å². The largest absolute Gasteiger partial charge is 0.181 e. The predicted octanol–water partition coefficient (Wildman–Crippen LogP) is 6.83. The Balaban J connectivity index is 1.63. The molecule has 0 unspecified atom stereocenters. The van der Waals surface area contributed by atoms with Gasteiger partial charge in [0.25, 0.3) is 0 Å². The van der Waals surface area contributed by atoms with Crippen molar-refractivity contribution in [3.8, 4) is 0 Å². The molecule has 2 heteroatoms. The van der Waals surface area contributed by atoms with Gasteiger partial charge in [0, 0.05) is 0 Å². The van der Waals surface area contributed by atoms with E-state index in [1.165, 1.54) is 39.0 Å². The summed E-state index contributed by atoms with van der Waals surface area (Å²) in [7, 11) is 0. The highest BCUT2D eigenvalue weighted by Gasteiger charge is 2.43. The van der Waals surface area contributed by atoms with E-state index in [9.17, 15) is 0 Å². The van der Waals surface area contributed by atoms with Crippen molar-refractivity contribution in [3.63, 3.8) is 0 Å². The molecule has 0 saturated carbocycles. The highest BCUT2D eigenvalue weighted by Crippen LogP contribution is 2.62. The first-order chi connectivity index (χ1) is 14.7. The Morgan fingerprint density at radius 2 is 0.933 bits per heavy atom. The molecule has 0 saturated heterocycles. The standard InChI is InChI=1S/C28H27BrP/c1-2-9-23-14-16-24(17-15-23)22-25-18-20-28(21-19-25)30(29,26-10-5-3-6-11-26)27-12-7-4-8-13-27/h3-8,10-21H,2,9,22H2,1H3/q+1. The maximum Gasteiger partial charge on any atom is 0.181 e. The molecule has 4 rings (SSSR count). The van der Waals surface area contributed by atoms with Crippen LogP contribution in [0.4, 0.5) is 0 Å². The molecule has 0 amide bonds. The molecule has 150 valence electrons. The van der Waals surface area contributed by atoms with Crippen molar-refractivity contribution < 1.29 is 0 Å².